The SMILES string of the molecule is COC(=O)[C@@H]1[C@H](C(=O)OC)[C@@H](c2cccc(OC)c2)[C@H]1c1cccc(OC)c1. The monoisotopic (exact) mass is 384 g/mol. The predicted octanol–water partition coefficient (Wildman–Crippen LogP) is 3.16. The molecule has 2 aromatic rings. The van der Waals surface area contributed by atoms with Gasteiger partial charge in [0.2, 0.25) is 0 Å². The zero-order valence-corrected chi connectivity index (χ0v) is 16.4. The van der Waals surface area contributed by atoms with Gasteiger partial charge in [0.05, 0.1) is 40.3 Å². The maximum absolute atomic E-state index is 12.6. The normalized spacial score (nSPS) is 23.3. The summed E-state index contributed by atoms with van der Waals surface area (Å²) in [5.74, 6) is -1.26. The molecule has 1 fully saturated rings. The summed E-state index contributed by atoms with van der Waals surface area (Å²) in [4.78, 5) is 25.2. The molecule has 0 N–H and O–H groups in total. The maximum Gasteiger partial charge on any atom is 0.310 e. The highest BCUT2D eigenvalue weighted by atomic mass is 16.5. The molecule has 0 amide bonds. The average Bonchev–Trinajstić information content (AvgIpc) is 2.73. The first-order valence-corrected chi connectivity index (χ1v) is 8.99. The van der Waals surface area contributed by atoms with Crippen molar-refractivity contribution < 1.29 is 28.5 Å². The summed E-state index contributed by atoms with van der Waals surface area (Å²) in [6.07, 6.45) is 0. The van der Waals surface area contributed by atoms with Crippen LogP contribution in [0.5, 0.6) is 11.5 Å². The Bertz CT molecular complexity index is 790. The fourth-order valence-electron chi connectivity index (χ4n) is 4.13. The largest absolute Gasteiger partial charge is 0.497 e. The lowest BCUT2D eigenvalue weighted by Gasteiger charge is -2.49. The minimum Gasteiger partial charge on any atom is -0.497 e. The Morgan fingerprint density at radius 2 is 1.07 bits per heavy atom. The molecule has 1 aliphatic carbocycles. The molecule has 0 aromatic heterocycles. The lowest BCUT2D eigenvalue weighted by Crippen LogP contribution is -2.52. The zero-order valence-electron chi connectivity index (χ0n) is 16.4. The number of methoxy groups -OCH3 is 4. The third-order valence-electron chi connectivity index (χ3n) is 5.45. The van der Waals surface area contributed by atoms with Crippen LogP contribution < -0.4 is 9.47 Å². The van der Waals surface area contributed by atoms with Gasteiger partial charge in [0.25, 0.3) is 0 Å². The number of ether oxygens (including phenoxy) is 4. The molecule has 28 heavy (non-hydrogen) atoms. The fourth-order valence-corrected chi connectivity index (χ4v) is 4.13. The lowest BCUT2D eigenvalue weighted by molar-refractivity contribution is -0.168. The van der Waals surface area contributed by atoms with Gasteiger partial charge in [-0.3, -0.25) is 9.59 Å². The molecule has 0 heterocycles. The van der Waals surface area contributed by atoms with E-state index in [-0.39, 0.29) is 11.8 Å². The highest BCUT2D eigenvalue weighted by molar-refractivity contribution is 5.87. The summed E-state index contributed by atoms with van der Waals surface area (Å²) in [5, 5.41) is 0. The Hall–Kier alpha value is -3.02. The minimum atomic E-state index is -0.638. The molecule has 6 nitrogen and oxygen atoms in total. The molecular weight excluding hydrogens is 360 g/mol. The van der Waals surface area contributed by atoms with Gasteiger partial charge in [-0.2, -0.15) is 0 Å². The van der Waals surface area contributed by atoms with E-state index in [9.17, 15) is 9.59 Å². The highest BCUT2D eigenvalue weighted by Gasteiger charge is 2.59. The van der Waals surface area contributed by atoms with Crippen molar-refractivity contribution in [2.24, 2.45) is 11.8 Å². The van der Waals surface area contributed by atoms with Crippen molar-refractivity contribution in [3.8, 4) is 11.5 Å². The third kappa shape index (κ3) is 3.42. The minimum absolute atomic E-state index is 0.251. The molecule has 4 atom stereocenters. The van der Waals surface area contributed by atoms with Gasteiger partial charge in [0, 0.05) is 11.8 Å². The number of hydrogen-bond donors (Lipinski definition) is 0. The summed E-state index contributed by atoms with van der Waals surface area (Å²) >= 11 is 0. The van der Waals surface area contributed by atoms with Crippen LogP contribution in [-0.4, -0.2) is 40.4 Å². The zero-order chi connectivity index (χ0) is 20.3. The summed E-state index contributed by atoms with van der Waals surface area (Å²) < 4.78 is 20.7. The van der Waals surface area contributed by atoms with Crippen LogP contribution in [0.1, 0.15) is 23.0 Å². The molecule has 1 aliphatic rings. The van der Waals surface area contributed by atoms with E-state index in [0.717, 1.165) is 11.1 Å². The quantitative estimate of drug-likeness (QED) is 0.713. The van der Waals surface area contributed by atoms with Gasteiger partial charge in [0.1, 0.15) is 11.5 Å². The standard InChI is InChI=1S/C22H24O6/c1-25-15-9-5-7-13(11-15)17-18(14-8-6-10-16(12-14)26-2)20(22(24)28-4)19(17)21(23)27-3/h5-12,17-20H,1-4H3/t17-,18+,19+,20-. The predicted molar refractivity (Wildman–Crippen MR) is 102 cm³/mol. The number of carbonyl (C=O) groups excluding carboxylic acids is 2. The van der Waals surface area contributed by atoms with Gasteiger partial charge in [-0.1, -0.05) is 24.3 Å². The Morgan fingerprint density at radius 3 is 1.39 bits per heavy atom. The molecule has 3 rings (SSSR count). The Kier molecular flexibility index (Phi) is 5.87. The molecule has 1 saturated carbocycles. The second kappa shape index (κ2) is 8.33. The Labute approximate surface area is 164 Å². The van der Waals surface area contributed by atoms with E-state index in [1.807, 2.05) is 48.5 Å². The number of hydrogen-bond acceptors (Lipinski definition) is 6. The van der Waals surface area contributed by atoms with Crippen LogP contribution in [0.25, 0.3) is 0 Å². The molecular formula is C22H24O6. The average molecular weight is 384 g/mol. The lowest BCUT2D eigenvalue weighted by atomic mass is 9.52. The molecule has 148 valence electrons. The molecule has 0 bridgehead atoms. The summed E-state index contributed by atoms with van der Waals surface area (Å²) in [7, 11) is 5.85. The van der Waals surface area contributed by atoms with E-state index >= 15 is 0 Å². The topological polar surface area (TPSA) is 71.1 Å². The third-order valence-corrected chi connectivity index (χ3v) is 5.45. The highest BCUT2D eigenvalue weighted by Crippen LogP contribution is 2.59. The van der Waals surface area contributed by atoms with Crippen LogP contribution in [0.4, 0.5) is 0 Å². The van der Waals surface area contributed by atoms with E-state index in [4.69, 9.17) is 18.9 Å². The molecule has 0 spiro atoms. The second-order valence-electron chi connectivity index (χ2n) is 6.70. The van der Waals surface area contributed by atoms with Crippen LogP contribution in [-0.2, 0) is 19.1 Å². The number of benzene rings is 2. The maximum atomic E-state index is 12.6. The van der Waals surface area contributed by atoms with E-state index in [2.05, 4.69) is 0 Å². The molecule has 6 heteroatoms. The van der Waals surface area contributed by atoms with Crippen LogP contribution in [0.15, 0.2) is 48.5 Å². The second-order valence-corrected chi connectivity index (χ2v) is 6.70. The van der Waals surface area contributed by atoms with Crippen molar-refractivity contribution in [2.75, 3.05) is 28.4 Å². The number of rotatable bonds is 6. The van der Waals surface area contributed by atoms with Crippen molar-refractivity contribution in [3.05, 3.63) is 59.7 Å². The van der Waals surface area contributed by atoms with Gasteiger partial charge in [-0.25, -0.2) is 0 Å². The van der Waals surface area contributed by atoms with Gasteiger partial charge >= 0.3 is 11.9 Å². The van der Waals surface area contributed by atoms with E-state index in [0.29, 0.717) is 11.5 Å². The molecule has 0 saturated heterocycles. The van der Waals surface area contributed by atoms with E-state index in [1.165, 1.54) is 14.2 Å². The van der Waals surface area contributed by atoms with Crippen molar-refractivity contribution in [3.63, 3.8) is 0 Å². The van der Waals surface area contributed by atoms with Gasteiger partial charge in [0.15, 0.2) is 0 Å². The smallest absolute Gasteiger partial charge is 0.310 e. The number of esters is 2. The first-order valence-electron chi connectivity index (χ1n) is 8.99. The van der Waals surface area contributed by atoms with Crippen molar-refractivity contribution in [1.82, 2.24) is 0 Å². The number of carbonyl (C=O) groups is 2. The Morgan fingerprint density at radius 1 is 0.679 bits per heavy atom. The van der Waals surface area contributed by atoms with Crippen LogP contribution >= 0.6 is 0 Å². The Balaban J connectivity index is 2.11. The fraction of sp³-hybridized carbons (Fsp3) is 0.364. The van der Waals surface area contributed by atoms with Crippen LogP contribution in [0.3, 0.4) is 0 Å². The van der Waals surface area contributed by atoms with Crippen LogP contribution in [0.2, 0.25) is 0 Å². The van der Waals surface area contributed by atoms with Crippen LogP contribution in [0, 0.1) is 11.8 Å². The van der Waals surface area contributed by atoms with Crippen molar-refractivity contribution >= 4 is 11.9 Å². The summed E-state index contributed by atoms with van der Waals surface area (Å²) in [6, 6.07) is 15.1. The molecule has 0 aliphatic heterocycles. The molecule has 2 aromatic carbocycles. The van der Waals surface area contributed by atoms with Gasteiger partial charge < -0.3 is 18.9 Å². The van der Waals surface area contributed by atoms with Crippen molar-refractivity contribution in [2.45, 2.75) is 11.8 Å². The van der Waals surface area contributed by atoms with Crippen molar-refractivity contribution in [1.29, 1.82) is 0 Å². The first-order chi connectivity index (χ1) is 13.5. The van der Waals surface area contributed by atoms with E-state index in [1.54, 1.807) is 14.2 Å². The summed E-state index contributed by atoms with van der Waals surface area (Å²) in [5.41, 5.74) is 1.81. The van der Waals surface area contributed by atoms with Gasteiger partial charge in [-0.15, -0.1) is 0 Å². The molecule has 0 radical (unpaired) electrons. The van der Waals surface area contributed by atoms with E-state index < -0.39 is 23.8 Å². The summed E-state index contributed by atoms with van der Waals surface area (Å²) in [6.45, 7) is 0. The molecule has 0 unspecified atom stereocenters. The van der Waals surface area contributed by atoms with Gasteiger partial charge in [-0.05, 0) is 35.4 Å². The first kappa shape index (κ1) is 19.7.